The number of nitrogen functional groups attached to an aromatic ring is 1. The largest absolute Gasteiger partial charge is 0.480 e. The lowest BCUT2D eigenvalue weighted by Gasteiger charge is -2.24. The van der Waals surface area contributed by atoms with Crippen molar-refractivity contribution < 1.29 is 18.3 Å². The molecule has 0 fully saturated rings. The molecular formula is C12H18N2O4S. The number of carboxylic acid groups (broad SMARTS) is 1. The quantitative estimate of drug-likeness (QED) is 0.712. The summed E-state index contributed by atoms with van der Waals surface area (Å²) in [4.78, 5) is 12.3. The highest BCUT2D eigenvalue weighted by molar-refractivity contribution is 7.91. The van der Waals surface area contributed by atoms with Crippen LogP contribution in [0.2, 0.25) is 0 Å². The van der Waals surface area contributed by atoms with E-state index < -0.39 is 15.8 Å². The van der Waals surface area contributed by atoms with Crippen molar-refractivity contribution >= 4 is 27.2 Å². The van der Waals surface area contributed by atoms with E-state index in [0.717, 1.165) is 0 Å². The normalized spacial score (nSPS) is 11.2. The van der Waals surface area contributed by atoms with E-state index in [-0.39, 0.29) is 24.6 Å². The highest BCUT2D eigenvalue weighted by Gasteiger charge is 2.16. The Balaban J connectivity index is 2.90. The maximum absolute atomic E-state index is 11.5. The van der Waals surface area contributed by atoms with Gasteiger partial charge in [0, 0.05) is 12.3 Å². The number of para-hydroxylation sites is 2. The molecule has 3 N–H and O–H groups in total. The first-order valence-electron chi connectivity index (χ1n) is 5.87. The maximum atomic E-state index is 11.5. The average Bonchev–Trinajstić information content (AvgIpc) is 2.35. The number of aliphatic carboxylic acids is 1. The Hall–Kier alpha value is -1.76. The van der Waals surface area contributed by atoms with Crippen LogP contribution >= 0.6 is 0 Å². The Bertz CT molecular complexity index is 542. The summed E-state index contributed by atoms with van der Waals surface area (Å²) in [6.45, 7) is 1.39. The first-order valence-corrected chi connectivity index (χ1v) is 7.69. The Morgan fingerprint density at radius 1 is 1.37 bits per heavy atom. The van der Waals surface area contributed by atoms with Crippen LogP contribution in [0.1, 0.15) is 6.92 Å². The average molecular weight is 286 g/mol. The summed E-state index contributed by atoms with van der Waals surface area (Å²) in [6, 6.07) is 6.80. The molecule has 0 bridgehead atoms. The molecule has 0 aliphatic carbocycles. The fourth-order valence-corrected chi connectivity index (χ4v) is 2.40. The van der Waals surface area contributed by atoms with Crippen molar-refractivity contribution in [2.24, 2.45) is 0 Å². The molecule has 0 aromatic heterocycles. The molecular weight excluding hydrogens is 268 g/mol. The molecule has 0 aliphatic rings. The van der Waals surface area contributed by atoms with Gasteiger partial charge in [0.25, 0.3) is 0 Å². The number of sulfone groups is 1. The lowest BCUT2D eigenvalue weighted by molar-refractivity contribution is -0.135. The van der Waals surface area contributed by atoms with Gasteiger partial charge in [-0.05, 0) is 12.1 Å². The van der Waals surface area contributed by atoms with Gasteiger partial charge in [0.15, 0.2) is 9.84 Å². The highest BCUT2D eigenvalue weighted by atomic mass is 32.2. The minimum Gasteiger partial charge on any atom is -0.480 e. The SMILES string of the molecule is CCS(=O)(=O)CCN(CC(=O)O)c1ccccc1N. The van der Waals surface area contributed by atoms with Crippen molar-refractivity contribution in [1.29, 1.82) is 0 Å². The highest BCUT2D eigenvalue weighted by Crippen LogP contribution is 2.22. The molecule has 6 nitrogen and oxygen atoms in total. The molecule has 0 heterocycles. The number of carbonyl (C=O) groups is 1. The lowest BCUT2D eigenvalue weighted by Crippen LogP contribution is -2.34. The zero-order valence-electron chi connectivity index (χ0n) is 10.7. The zero-order valence-corrected chi connectivity index (χ0v) is 11.6. The summed E-state index contributed by atoms with van der Waals surface area (Å²) in [5.74, 6) is -1.08. The van der Waals surface area contributed by atoms with Crippen LogP contribution in [0, 0.1) is 0 Å². The standard InChI is InChI=1S/C12H18N2O4S/c1-2-19(17,18)8-7-14(9-12(15)16)11-6-4-3-5-10(11)13/h3-6H,2,7-9,13H2,1H3,(H,15,16). The second-order valence-corrected chi connectivity index (χ2v) is 6.58. The number of rotatable bonds is 7. The van der Waals surface area contributed by atoms with Crippen molar-refractivity contribution in [2.45, 2.75) is 6.92 Å². The number of benzene rings is 1. The summed E-state index contributed by atoms with van der Waals surface area (Å²) >= 11 is 0. The van der Waals surface area contributed by atoms with Gasteiger partial charge in [0.05, 0.1) is 17.1 Å². The van der Waals surface area contributed by atoms with Crippen molar-refractivity contribution in [3.63, 3.8) is 0 Å². The number of anilines is 2. The number of hydrogen-bond acceptors (Lipinski definition) is 5. The Labute approximate surface area is 112 Å². The van der Waals surface area contributed by atoms with E-state index in [9.17, 15) is 13.2 Å². The van der Waals surface area contributed by atoms with Gasteiger partial charge in [-0.15, -0.1) is 0 Å². The third kappa shape index (κ3) is 4.78. The molecule has 19 heavy (non-hydrogen) atoms. The van der Waals surface area contributed by atoms with Crippen LogP contribution in [0.4, 0.5) is 11.4 Å². The summed E-state index contributed by atoms with van der Waals surface area (Å²) in [5.41, 5.74) is 6.75. The molecule has 1 rings (SSSR count). The molecule has 0 atom stereocenters. The third-order valence-corrected chi connectivity index (χ3v) is 4.40. The zero-order chi connectivity index (χ0) is 14.5. The first kappa shape index (κ1) is 15.3. The minimum atomic E-state index is -3.15. The van der Waals surface area contributed by atoms with E-state index in [2.05, 4.69) is 0 Å². The summed E-state index contributed by atoms with van der Waals surface area (Å²) in [5, 5.41) is 8.89. The number of hydrogen-bond donors (Lipinski definition) is 2. The van der Waals surface area contributed by atoms with E-state index >= 15 is 0 Å². The molecule has 0 unspecified atom stereocenters. The van der Waals surface area contributed by atoms with Crippen LogP contribution in [0.25, 0.3) is 0 Å². The lowest BCUT2D eigenvalue weighted by atomic mass is 10.2. The van der Waals surface area contributed by atoms with Crippen LogP contribution in [0.3, 0.4) is 0 Å². The fraction of sp³-hybridized carbons (Fsp3) is 0.417. The van der Waals surface area contributed by atoms with Crippen LogP contribution in [0.15, 0.2) is 24.3 Å². The molecule has 1 aromatic carbocycles. The molecule has 7 heteroatoms. The molecule has 0 saturated carbocycles. The van der Waals surface area contributed by atoms with Crippen LogP contribution < -0.4 is 10.6 Å². The second kappa shape index (κ2) is 6.42. The molecule has 0 spiro atoms. The Kier molecular flexibility index (Phi) is 5.17. The number of nitrogens with zero attached hydrogens (tertiary/aromatic N) is 1. The molecule has 0 amide bonds. The maximum Gasteiger partial charge on any atom is 0.323 e. The topological polar surface area (TPSA) is 101 Å². The number of nitrogens with two attached hydrogens (primary N) is 1. The van der Waals surface area contributed by atoms with Gasteiger partial charge in [-0.3, -0.25) is 4.79 Å². The predicted octanol–water partition coefficient (Wildman–Crippen LogP) is 0.595. The molecule has 0 radical (unpaired) electrons. The number of carboxylic acids is 1. The molecule has 0 saturated heterocycles. The van der Waals surface area contributed by atoms with Crippen LogP contribution in [0.5, 0.6) is 0 Å². The van der Waals surface area contributed by atoms with E-state index in [1.807, 2.05) is 0 Å². The van der Waals surface area contributed by atoms with Crippen molar-refractivity contribution in [3.05, 3.63) is 24.3 Å². The van der Waals surface area contributed by atoms with Gasteiger partial charge in [0.2, 0.25) is 0 Å². The van der Waals surface area contributed by atoms with Gasteiger partial charge < -0.3 is 15.7 Å². The van der Waals surface area contributed by atoms with Gasteiger partial charge in [-0.2, -0.15) is 0 Å². The minimum absolute atomic E-state index is 0.0399. The summed E-state index contributed by atoms with van der Waals surface area (Å²) < 4.78 is 23.0. The monoisotopic (exact) mass is 286 g/mol. The molecule has 1 aromatic rings. The summed E-state index contributed by atoms with van der Waals surface area (Å²) in [7, 11) is -3.15. The van der Waals surface area contributed by atoms with Crippen molar-refractivity contribution in [1.82, 2.24) is 0 Å². The Morgan fingerprint density at radius 3 is 2.53 bits per heavy atom. The van der Waals surface area contributed by atoms with Gasteiger partial charge in [0.1, 0.15) is 6.54 Å². The van der Waals surface area contributed by atoms with E-state index in [0.29, 0.717) is 11.4 Å². The van der Waals surface area contributed by atoms with Gasteiger partial charge in [-0.1, -0.05) is 19.1 Å². The van der Waals surface area contributed by atoms with Crippen LogP contribution in [-0.2, 0) is 14.6 Å². The van der Waals surface area contributed by atoms with Crippen LogP contribution in [-0.4, -0.2) is 44.1 Å². The Morgan fingerprint density at radius 2 is 2.00 bits per heavy atom. The van der Waals surface area contributed by atoms with Crippen molar-refractivity contribution in [2.75, 3.05) is 35.2 Å². The summed E-state index contributed by atoms with van der Waals surface area (Å²) in [6.07, 6.45) is 0. The predicted molar refractivity (Wildman–Crippen MR) is 75.0 cm³/mol. The fourth-order valence-electron chi connectivity index (χ4n) is 1.62. The molecule has 0 aliphatic heterocycles. The van der Waals surface area contributed by atoms with Gasteiger partial charge >= 0.3 is 5.97 Å². The van der Waals surface area contributed by atoms with E-state index in [1.54, 1.807) is 31.2 Å². The van der Waals surface area contributed by atoms with E-state index in [4.69, 9.17) is 10.8 Å². The van der Waals surface area contributed by atoms with E-state index in [1.165, 1.54) is 4.90 Å². The molecule has 106 valence electrons. The smallest absolute Gasteiger partial charge is 0.323 e. The first-order chi connectivity index (χ1) is 8.85. The van der Waals surface area contributed by atoms with Crippen molar-refractivity contribution in [3.8, 4) is 0 Å². The van der Waals surface area contributed by atoms with Gasteiger partial charge in [-0.25, -0.2) is 8.42 Å². The third-order valence-electron chi connectivity index (χ3n) is 2.72. The second-order valence-electron chi connectivity index (χ2n) is 4.11.